The molecule has 3 rings (SSSR count). The van der Waals surface area contributed by atoms with E-state index in [0.29, 0.717) is 24.3 Å². The van der Waals surface area contributed by atoms with Crippen molar-refractivity contribution in [2.75, 3.05) is 6.61 Å². The molecule has 1 aromatic carbocycles. The number of ether oxygens (including phenoxy) is 2. The highest BCUT2D eigenvalue weighted by atomic mass is 19.1. The highest BCUT2D eigenvalue weighted by molar-refractivity contribution is 5.38. The van der Waals surface area contributed by atoms with Gasteiger partial charge in [0, 0.05) is 30.9 Å². The minimum Gasteiger partial charge on any atom is -0.486 e. The Hall–Kier alpha value is -1.13. The Morgan fingerprint density at radius 3 is 3.00 bits per heavy atom. The molecular weight excluding hydrogens is 235 g/mol. The summed E-state index contributed by atoms with van der Waals surface area (Å²) in [5, 5.41) is 10.2. The van der Waals surface area contributed by atoms with Crippen LogP contribution in [0.15, 0.2) is 18.2 Å². The standard InChI is InChI=1S/C14H17FO3/c1-9-7-14(4-5-17-9)8-12(16)11-3-2-10(15)6-13(11)18-14/h2-3,6,9,12,16H,4-5,7-8H2,1H3/t9?,12-,14?/m0/s1. The maximum atomic E-state index is 13.3. The van der Waals surface area contributed by atoms with E-state index in [9.17, 15) is 9.50 Å². The summed E-state index contributed by atoms with van der Waals surface area (Å²) >= 11 is 0. The minimum atomic E-state index is -0.584. The number of fused-ring (bicyclic) bond motifs is 1. The Labute approximate surface area is 106 Å². The molecule has 1 fully saturated rings. The maximum absolute atomic E-state index is 13.3. The molecule has 0 radical (unpaired) electrons. The molecule has 2 unspecified atom stereocenters. The van der Waals surface area contributed by atoms with Gasteiger partial charge in [0.2, 0.25) is 0 Å². The predicted octanol–water partition coefficient (Wildman–Crippen LogP) is 2.58. The Morgan fingerprint density at radius 2 is 2.22 bits per heavy atom. The zero-order chi connectivity index (χ0) is 12.8. The molecule has 2 aliphatic rings. The fourth-order valence-corrected chi connectivity index (χ4v) is 3.02. The monoisotopic (exact) mass is 252 g/mol. The van der Waals surface area contributed by atoms with Gasteiger partial charge in [-0.1, -0.05) is 0 Å². The second-order valence-corrected chi connectivity index (χ2v) is 5.32. The van der Waals surface area contributed by atoms with Gasteiger partial charge in [-0.3, -0.25) is 0 Å². The third-order valence-corrected chi connectivity index (χ3v) is 3.85. The second-order valence-electron chi connectivity index (χ2n) is 5.32. The summed E-state index contributed by atoms with van der Waals surface area (Å²) in [5.74, 6) is 0.140. The molecule has 0 aliphatic carbocycles. The van der Waals surface area contributed by atoms with Gasteiger partial charge >= 0.3 is 0 Å². The fourth-order valence-electron chi connectivity index (χ4n) is 3.02. The molecule has 0 bridgehead atoms. The Morgan fingerprint density at radius 1 is 1.39 bits per heavy atom. The van der Waals surface area contributed by atoms with E-state index in [1.165, 1.54) is 12.1 Å². The van der Waals surface area contributed by atoms with Crippen LogP contribution in [0.1, 0.15) is 37.9 Å². The number of rotatable bonds is 0. The van der Waals surface area contributed by atoms with Gasteiger partial charge in [-0.05, 0) is 19.1 Å². The normalized spacial score (nSPS) is 35.1. The molecule has 1 N–H and O–H groups in total. The van der Waals surface area contributed by atoms with Crippen molar-refractivity contribution in [1.29, 1.82) is 0 Å². The van der Waals surface area contributed by atoms with E-state index in [-0.39, 0.29) is 11.9 Å². The highest BCUT2D eigenvalue weighted by Gasteiger charge is 2.43. The number of aliphatic hydroxyl groups excluding tert-OH is 1. The van der Waals surface area contributed by atoms with Crippen molar-refractivity contribution in [3.8, 4) is 5.75 Å². The summed E-state index contributed by atoms with van der Waals surface area (Å²) in [6, 6.07) is 4.32. The molecule has 1 aromatic rings. The van der Waals surface area contributed by atoms with Gasteiger partial charge < -0.3 is 14.6 Å². The summed E-state index contributed by atoms with van der Waals surface area (Å²) in [5.41, 5.74) is 0.277. The van der Waals surface area contributed by atoms with Crippen LogP contribution in [0.5, 0.6) is 5.75 Å². The summed E-state index contributed by atoms with van der Waals surface area (Å²) in [7, 11) is 0. The van der Waals surface area contributed by atoms with E-state index in [1.54, 1.807) is 6.07 Å². The molecule has 0 aromatic heterocycles. The van der Waals surface area contributed by atoms with E-state index < -0.39 is 11.7 Å². The van der Waals surface area contributed by atoms with E-state index >= 15 is 0 Å². The van der Waals surface area contributed by atoms with Crippen molar-refractivity contribution in [2.24, 2.45) is 0 Å². The van der Waals surface area contributed by atoms with E-state index in [0.717, 1.165) is 12.8 Å². The third kappa shape index (κ3) is 1.99. The van der Waals surface area contributed by atoms with E-state index in [2.05, 4.69) is 0 Å². The summed E-state index contributed by atoms with van der Waals surface area (Å²) in [4.78, 5) is 0. The lowest BCUT2D eigenvalue weighted by molar-refractivity contribution is -0.111. The molecule has 2 aliphatic heterocycles. The summed E-state index contributed by atoms with van der Waals surface area (Å²) in [6.07, 6.45) is 1.56. The van der Waals surface area contributed by atoms with Crippen molar-refractivity contribution in [3.05, 3.63) is 29.6 Å². The summed E-state index contributed by atoms with van der Waals surface area (Å²) < 4.78 is 24.8. The predicted molar refractivity (Wildman–Crippen MR) is 64.0 cm³/mol. The van der Waals surface area contributed by atoms with Crippen LogP contribution < -0.4 is 4.74 Å². The molecule has 18 heavy (non-hydrogen) atoms. The van der Waals surface area contributed by atoms with Crippen molar-refractivity contribution in [2.45, 2.75) is 44.0 Å². The lowest BCUT2D eigenvalue weighted by atomic mass is 9.81. The Kier molecular flexibility index (Phi) is 2.79. The first-order chi connectivity index (χ1) is 8.58. The van der Waals surface area contributed by atoms with Crippen LogP contribution in [0.3, 0.4) is 0 Å². The van der Waals surface area contributed by atoms with E-state index in [4.69, 9.17) is 9.47 Å². The van der Waals surface area contributed by atoms with Gasteiger partial charge in [-0.15, -0.1) is 0 Å². The lowest BCUT2D eigenvalue weighted by Crippen LogP contribution is -2.47. The average molecular weight is 252 g/mol. The number of aliphatic hydroxyl groups is 1. The molecule has 3 nitrogen and oxygen atoms in total. The van der Waals surface area contributed by atoms with Gasteiger partial charge in [0.25, 0.3) is 0 Å². The topological polar surface area (TPSA) is 38.7 Å². The van der Waals surface area contributed by atoms with Crippen LogP contribution in [0.2, 0.25) is 0 Å². The van der Waals surface area contributed by atoms with E-state index in [1.807, 2.05) is 6.92 Å². The van der Waals surface area contributed by atoms with Gasteiger partial charge in [0.1, 0.15) is 17.2 Å². The third-order valence-electron chi connectivity index (χ3n) is 3.85. The first kappa shape index (κ1) is 11.9. The molecule has 98 valence electrons. The largest absolute Gasteiger partial charge is 0.486 e. The molecule has 0 saturated carbocycles. The highest BCUT2D eigenvalue weighted by Crippen LogP contribution is 2.45. The molecule has 1 spiro atoms. The fraction of sp³-hybridized carbons (Fsp3) is 0.571. The lowest BCUT2D eigenvalue weighted by Gasteiger charge is -2.44. The van der Waals surface area contributed by atoms with Crippen LogP contribution in [-0.2, 0) is 4.74 Å². The number of halogens is 1. The van der Waals surface area contributed by atoms with Crippen molar-refractivity contribution >= 4 is 0 Å². The number of hydrogen-bond acceptors (Lipinski definition) is 3. The summed E-state index contributed by atoms with van der Waals surface area (Å²) in [6.45, 7) is 2.62. The molecule has 2 heterocycles. The Balaban J connectivity index is 1.94. The van der Waals surface area contributed by atoms with Gasteiger partial charge in [-0.2, -0.15) is 0 Å². The van der Waals surface area contributed by atoms with Crippen molar-refractivity contribution in [1.82, 2.24) is 0 Å². The van der Waals surface area contributed by atoms with Crippen LogP contribution >= 0.6 is 0 Å². The zero-order valence-corrected chi connectivity index (χ0v) is 10.4. The Bertz CT molecular complexity index is 462. The first-order valence-corrected chi connectivity index (χ1v) is 6.36. The van der Waals surface area contributed by atoms with Crippen molar-refractivity contribution in [3.63, 3.8) is 0 Å². The SMILES string of the molecule is CC1CC2(CCO1)C[C@H](O)c1ccc(F)cc1O2. The number of benzene rings is 1. The molecular formula is C14H17FO3. The first-order valence-electron chi connectivity index (χ1n) is 6.36. The zero-order valence-electron chi connectivity index (χ0n) is 10.4. The van der Waals surface area contributed by atoms with Gasteiger partial charge in [0.05, 0.1) is 18.8 Å². The van der Waals surface area contributed by atoms with Crippen LogP contribution in [0, 0.1) is 5.82 Å². The van der Waals surface area contributed by atoms with Gasteiger partial charge in [0.15, 0.2) is 0 Å². The smallest absolute Gasteiger partial charge is 0.128 e. The maximum Gasteiger partial charge on any atom is 0.128 e. The number of hydrogen-bond donors (Lipinski definition) is 1. The molecule has 1 saturated heterocycles. The average Bonchev–Trinajstić information content (AvgIpc) is 2.27. The minimum absolute atomic E-state index is 0.112. The molecule has 0 amide bonds. The van der Waals surface area contributed by atoms with Crippen LogP contribution in [-0.4, -0.2) is 23.4 Å². The van der Waals surface area contributed by atoms with Crippen molar-refractivity contribution < 1.29 is 19.0 Å². The van der Waals surface area contributed by atoms with Gasteiger partial charge in [-0.25, -0.2) is 4.39 Å². The molecule has 4 heteroatoms. The van der Waals surface area contributed by atoms with Crippen LogP contribution in [0.4, 0.5) is 4.39 Å². The van der Waals surface area contributed by atoms with Crippen LogP contribution in [0.25, 0.3) is 0 Å². The quantitative estimate of drug-likeness (QED) is 0.771. The second kappa shape index (κ2) is 4.21. The molecule has 3 atom stereocenters.